The molecule has 0 saturated heterocycles. The number of aromatic hydroxyl groups is 2. The second-order valence-corrected chi connectivity index (χ2v) is 15.1. The molecule has 16 nitrogen and oxygen atoms in total. The number of amidine groups is 1. The van der Waals surface area contributed by atoms with Gasteiger partial charge in [0.2, 0.25) is 0 Å². The van der Waals surface area contributed by atoms with Gasteiger partial charge in [-0.25, -0.2) is 5.01 Å². The van der Waals surface area contributed by atoms with Gasteiger partial charge in [-0.1, -0.05) is 34.9 Å². The van der Waals surface area contributed by atoms with Crippen LogP contribution < -0.4 is 14.9 Å². The fourth-order valence-electron chi connectivity index (χ4n) is 4.91. The number of methoxy groups -OCH3 is 2. The van der Waals surface area contributed by atoms with E-state index in [1.807, 2.05) is 13.8 Å². The lowest BCUT2D eigenvalue weighted by atomic mass is 10.1. The van der Waals surface area contributed by atoms with Crippen molar-refractivity contribution in [3.8, 4) is 23.0 Å². The molecule has 6 rings (SSSR count). The molecular formula is C36H39ClN6O10S2. The van der Waals surface area contributed by atoms with Crippen LogP contribution in [0, 0.1) is 13.8 Å². The maximum absolute atomic E-state index is 12.3. The van der Waals surface area contributed by atoms with Crippen LogP contribution in [0.5, 0.6) is 23.0 Å². The summed E-state index contributed by atoms with van der Waals surface area (Å²) >= 11 is 5.67. The molecule has 4 aromatic carbocycles. The molecule has 0 saturated carbocycles. The Kier molecular flexibility index (Phi) is 14.3. The number of nitrogens with one attached hydrogen (secondary N) is 1. The van der Waals surface area contributed by atoms with Crippen molar-refractivity contribution in [3.05, 3.63) is 106 Å². The molecule has 0 radical (unpaired) electrons. The van der Waals surface area contributed by atoms with Gasteiger partial charge in [0.1, 0.15) is 4.90 Å². The summed E-state index contributed by atoms with van der Waals surface area (Å²) in [6.07, 6.45) is 3.05. The molecule has 0 spiro atoms. The van der Waals surface area contributed by atoms with E-state index in [9.17, 15) is 32.2 Å². The third-order valence-corrected chi connectivity index (χ3v) is 10.6. The number of nitrogens with zero attached hydrogens (tertiary/aromatic N) is 5. The average Bonchev–Trinajstić information content (AvgIpc) is 3.55. The van der Waals surface area contributed by atoms with Crippen molar-refractivity contribution in [2.24, 2.45) is 19.0 Å². The van der Waals surface area contributed by atoms with Crippen molar-refractivity contribution in [2.75, 3.05) is 40.5 Å². The van der Waals surface area contributed by atoms with Crippen molar-refractivity contribution in [3.63, 3.8) is 0 Å². The van der Waals surface area contributed by atoms with Gasteiger partial charge in [0.15, 0.2) is 34.0 Å². The molecule has 55 heavy (non-hydrogen) atoms. The highest BCUT2D eigenvalue weighted by molar-refractivity contribution is 7.91. The third kappa shape index (κ3) is 10.8. The topological polar surface area (TPSA) is 232 Å². The average molecular weight is 815 g/mol. The van der Waals surface area contributed by atoms with Gasteiger partial charge in [-0.3, -0.25) is 0 Å². The highest BCUT2D eigenvalue weighted by atomic mass is 35.5. The molecule has 292 valence electrons. The van der Waals surface area contributed by atoms with Gasteiger partial charge in [-0.15, -0.1) is 8.80 Å². The summed E-state index contributed by atoms with van der Waals surface area (Å²) in [5.74, 6) is 0.941. The fraction of sp³-hybridized carbons (Fsp3) is 0.222. The van der Waals surface area contributed by atoms with E-state index in [2.05, 4.69) is 24.4 Å². The summed E-state index contributed by atoms with van der Waals surface area (Å²) < 4.78 is 64.4. The highest BCUT2D eigenvalue weighted by Crippen LogP contribution is 2.30. The Labute approximate surface area is 323 Å². The Bertz CT molecular complexity index is 2370. The van der Waals surface area contributed by atoms with Crippen molar-refractivity contribution in [2.45, 2.75) is 23.6 Å². The quantitative estimate of drug-likeness (QED) is 0.0880. The van der Waals surface area contributed by atoms with E-state index < -0.39 is 20.0 Å². The lowest BCUT2D eigenvalue weighted by molar-refractivity contribution is 0.254. The standard InChI is InChI=1S/C18H19N3O5S.C10H14N2O3.C8H6ClNO2S/c1-12-3-6-17-14(9-12)18(20-27(17,24)25)21(7-8-22)19-11-13-4-5-15(23)16(10-13)26-2;1-15-10-6-8(2-3-9(10)14)7-12-11-4-5-13;1-5-2-3-7-6(4-5)8(9)10-13(7,11)12/h3-6,9-11,22-23H,7-8H2,1-2H3;2-3,6-7,11,13-14H,4-5H2,1H3;2-4H,1H3/b19-11+;12-7+;. The van der Waals surface area contributed by atoms with Crippen LogP contribution in [0.2, 0.25) is 0 Å². The normalized spacial score (nSPS) is 14.5. The number of benzene rings is 4. The van der Waals surface area contributed by atoms with Crippen LogP contribution in [0.4, 0.5) is 0 Å². The number of hydrogen-bond acceptors (Lipinski definition) is 14. The third-order valence-electron chi connectivity index (χ3n) is 7.53. The number of aryl methyl sites for hydroxylation is 2. The number of fused-ring (bicyclic) bond motifs is 2. The van der Waals surface area contributed by atoms with Gasteiger partial charge < -0.3 is 35.3 Å². The first-order chi connectivity index (χ1) is 26.1. The van der Waals surface area contributed by atoms with E-state index in [1.165, 1.54) is 49.7 Å². The predicted octanol–water partition coefficient (Wildman–Crippen LogP) is 3.49. The highest BCUT2D eigenvalue weighted by Gasteiger charge is 2.32. The second-order valence-electron chi connectivity index (χ2n) is 11.6. The summed E-state index contributed by atoms with van der Waals surface area (Å²) in [6.45, 7) is 3.99. The zero-order valence-corrected chi connectivity index (χ0v) is 32.5. The van der Waals surface area contributed by atoms with Gasteiger partial charge in [0.25, 0.3) is 20.0 Å². The van der Waals surface area contributed by atoms with Gasteiger partial charge in [-0.2, -0.15) is 27.0 Å². The van der Waals surface area contributed by atoms with Crippen LogP contribution >= 0.6 is 11.6 Å². The molecule has 0 fully saturated rings. The number of aliphatic hydroxyl groups is 2. The minimum atomic E-state index is -3.80. The molecule has 0 bridgehead atoms. The van der Waals surface area contributed by atoms with Gasteiger partial charge in [0.05, 0.1) is 57.8 Å². The summed E-state index contributed by atoms with van der Waals surface area (Å²) in [7, 11) is -4.39. The van der Waals surface area contributed by atoms with Crippen LogP contribution in [0.25, 0.3) is 0 Å². The first-order valence-corrected chi connectivity index (χ1v) is 19.5. The zero-order chi connectivity index (χ0) is 40.3. The first kappa shape index (κ1) is 42.2. The first-order valence-electron chi connectivity index (χ1n) is 16.2. The molecule has 2 aliphatic heterocycles. The lowest BCUT2D eigenvalue weighted by Crippen LogP contribution is -2.29. The summed E-state index contributed by atoms with van der Waals surface area (Å²) in [5.41, 5.74) is 6.87. The number of hydrogen-bond donors (Lipinski definition) is 5. The number of aliphatic hydroxyl groups excluding tert-OH is 2. The van der Waals surface area contributed by atoms with Crippen molar-refractivity contribution < 1.29 is 46.7 Å². The Hall–Kier alpha value is -5.53. The molecule has 0 aromatic heterocycles. The molecule has 0 aliphatic carbocycles. The minimum absolute atomic E-state index is 0.00229. The molecule has 19 heteroatoms. The summed E-state index contributed by atoms with van der Waals surface area (Å²) in [6, 6.07) is 19.5. The smallest absolute Gasteiger partial charge is 0.285 e. The zero-order valence-electron chi connectivity index (χ0n) is 30.1. The molecule has 0 atom stereocenters. The van der Waals surface area contributed by atoms with E-state index in [0.29, 0.717) is 29.0 Å². The van der Waals surface area contributed by atoms with E-state index in [1.54, 1.807) is 54.7 Å². The van der Waals surface area contributed by atoms with Crippen molar-refractivity contribution in [1.29, 1.82) is 0 Å². The van der Waals surface area contributed by atoms with E-state index in [0.717, 1.165) is 16.7 Å². The van der Waals surface area contributed by atoms with Crippen LogP contribution in [0.1, 0.15) is 33.4 Å². The largest absolute Gasteiger partial charge is 0.504 e. The van der Waals surface area contributed by atoms with Gasteiger partial charge in [-0.05, 0) is 85.6 Å². The number of halogens is 1. The lowest BCUT2D eigenvalue weighted by Gasteiger charge is -2.17. The number of phenols is 2. The Balaban J connectivity index is 0.000000202. The minimum Gasteiger partial charge on any atom is -0.504 e. The van der Waals surface area contributed by atoms with E-state index in [4.69, 9.17) is 26.2 Å². The van der Waals surface area contributed by atoms with Crippen LogP contribution in [0.3, 0.4) is 0 Å². The number of sulfonamides is 2. The fourth-order valence-corrected chi connectivity index (χ4v) is 7.66. The number of hydrazone groups is 2. The van der Waals surface area contributed by atoms with Crippen molar-refractivity contribution >= 4 is 55.1 Å². The maximum atomic E-state index is 12.3. The number of ether oxygens (including phenoxy) is 2. The second kappa shape index (κ2) is 18.7. The Morgan fingerprint density at radius 2 is 1.27 bits per heavy atom. The summed E-state index contributed by atoms with van der Waals surface area (Å²) in [5, 5.41) is 46.4. The molecular weight excluding hydrogens is 776 g/mol. The van der Waals surface area contributed by atoms with Crippen LogP contribution in [0.15, 0.2) is 102 Å². The maximum Gasteiger partial charge on any atom is 0.285 e. The molecule has 5 N–H and O–H groups in total. The Morgan fingerprint density at radius 1 is 0.745 bits per heavy atom. The van der Waals surface area contributed by atoms with Crippen LogP contribution in [-0.2, 0) is 20.0 Å². The molecule has 4 aromatic rings. The Morgan fingerprint density at radius 3 is 1.82 bits per heavy atom. The molecule has 2 aliphatic rings. The number of rotatable bonds is 10. The molecule has 0 unspecified atom stereocenters. The predicted molar refractivity (Wildman–Crippen MR) is 209 cm³/mol. The number of phenolic OH excluding ortho intramolecular Hbond substituents is 2. The van der Waals surface area contributed by atoms with E-state index in [-0.39, 0.29) is 57.8 Å². The monoisotopic (exact) mass is 814 g/mol. The van der Waals surface area contributed by atoms with Gasteiger partial charge >= 0.3 is 0 Å². The molecule has 2 heterocycles. The van der Waals surface area contributed by atoms with Gasteiger partial charge in [0, 0.05) is 11.1 Å². The van der Waals surface area contributed by atoms with Crippen LogP contribution in [-0.4, -0.2) is 106 Å². The van der Waals surface area contributed by atoms with Crippen molar-refractivity contribution in [1.82, 2.24) is 10.4 Å². The SMILES string of the molecule is COc1cc(/C=N/N(CCO)C2=NS(=O)(=O)c3ccc(C)cc32)ccc1O.COc1cc(/C=N/NCCO)ccc1O.Cc1ccc2c(c1)C(Cl)=NS2(=O)=O. The van der Waals surface area contributed by atoms with E-state index >= 15 is 0 Å². The summed E-state index contributed by atoms with van der Waals surface area (Å²) in [4.78, 5) is 0.315. The molecule has 0 amide bonds.